The lowest BCUT2D eigenvalue weighted by molar-refractivity contribution is -0.116. The summed E-state index contributed by atoms with van der Waals surface area (Å²) in [5, 5.41) is 2.72. The van der Waals surface area contributed by atoms with Gasteiger partial charge in [0, 0.05) is 17.8 Å². The third-order valence-corrected chi connectivity index (χ3v) is 3.15. The van der Waals surface area contributed by atoms with Gasteiger partial charge in [-0.15, -0.1) is 0 Å². The van der Waals surface area contributed by atoms with Crippen molar-refractivity contribution in [3.8, 4) is 0 Å². The second-order valence-corrected chi connectivity index (χ2v) is 4.71. The zero-order valence-electron chi connectivity index (χ0n) is 11.3. The Kier molecular flexibility index (Phi) is 4.35. The quantitative estimate of drug-likeness (QED) is 0.839. The van der Waals surface area contributed by atoms with Crippen molar-refractivity contribution in [2.75, 3.05) is 11.1 Å². The first-order valence-corrected chi connectivity index (χ1v) is 6.45. The second kappa shape index (κ2) is 6.19. The number of hydrogen-bond donors (Lipinski definition) is 2. The molecule has 0 aromatic heterocycles. The Labute approximate surface area is 117 Å². The number of carbonyl (C=O) groups is 1. The summed E-state index contributed by atoms with van der Waals surface area (Å²) in [6, 6.07) is 11.8. The molecule has 104 valence electrons. The van der Waals surface area contributed by atoms with Crippen molar-refractivity contribution in [2.45, 2.75) is 19.8 Å². The van der Waals surface area contributed by atoms with E-state index in [2.05, 4.69) is 5.32 Å². The molecule has 2 aromatic rings. The molecule has 0 heterocycles. The van der Waals surface area contributed by atoms with Gasteiger partial charge in [0.05, 0.1) is 0 Å². The minimum atomic E-state index is -0.363. The fraction of sp³-hybridized carbons (Fsp3) is 0.188. The van der Waals surface area contributed by atoms with E-state index in [-0.39, 0.29) is 11.7 Å². The highest BCUT2D eigenvalue weighted by Gasteiger charge is 2.07. The molecule has 0 spiro atoms. The standard InChI is InChI=1S/C16H17FN2O/c1-11-6-8-13(17)10-15(11)19-16(20)9-7-12-4-2-3-5-14(12)18/h2-6,8,10H,7,9,18H2,1H3,(H,19,20). The van der Waals surface area contributed by atoms with Crippen LogP contribution in [0, 0.1) is 12.7 Å². The van der Waals surface area contributed by atoms with Gasteiger partial charge in [0.15, 0.2) is 0 Å². The number of rotatable bonds is 4. The van der Waals surface area contributed by atoms with E-state index < -0.39 is 0 Å². The predicted octanol–water partition coefficient (Wildman–Crippen LogP) is 3.29. The molecule has 0 aliphatic rings. The van der Waals surface area contributed by atoms with E-state index in [0.29, 0.717) is 24.2 Å². The maximum atomic E-state index is 13.1. The van der Waals surface area contributed by atoms with E-state index in [1.807, 2.05) is 31.2 Å². The molecule has 0 saturated heterocycles. The number of anilines is 2. The van der Waals surface area contributed by atoms with Crippen molar-refractivity contribution in [1.29, 1.82) is 0 Å². The molecule has 0 aliphatic carbocycles. The zero-order valence-corrected chi connectivity index (χ0v) is 11.3. The molecule has 0 aliphatic heterocycles. The van der Waals surface area contributed by atoms with Crippen molar-refractivity contribution < 1.29 is 9.18 Å². The molecule has 0 unspecified atom stereocenters. The summed E-state index contributed by atoms with van der Waals surface area (Å²) in [6.07, 6.45) is 0.872. The van der Waals surface area contributed by atoms with Crippen LogP contribution in [0.15, 0.2) is 42.5 Å². The monoisotopic (exact) mass is 272 g/mol. The Hall–Kier alpha value is -2.36. The summed E-state index contributed by atoms with van der Waals surface area (Å²) in [4.78, 5) is 11.9. The average Bonchev–Trinajstić information content (AvgIpc) is 2.42. The number of nitrogens with two attached hydrogens (primary N) is 1. The summed E-state index contributed by atoms with van der Waals surface area (Å²) >= 11 is 0. The third kappa shape index (κ3) is 3.57. The minimum absolute atomic E-state index is 0.151. The molecule has 1 amide bonds. The topological polar surface area (TPSA) is 55.1 Å². The number of carbonyl (C=O) groups excluding carboxylic acids is 1. The van der Waals surface area contributed by atoms with Gasteiger partial charge in [-0.1, -0.05) is 24.3 Å². The molecule has 0 radical (unpaired) electrons. The number of hydrogen-bond acceptors (Lipinski definition) is 2. The van der Waals surface area contributed by atoms with Crippen molar-refractivity contribution in [3.05, 3.63) is 59.4 Å². The van der Waals surface area contributed by atoms with Gasteiger partial charge in [-0.05, 0) is 42.7 Å². The Morgan fingerprint density at radius 3 is 2.75 bits per heavy atom. The Morgan fingerprint density at radius 2 is 2.00 bits per heavy atom. The van der Waals surface area contributed by atoms with Crippen LogP contribution in [-0.4, -0.2) is 5.91 Å². The summed E-state index contributed by atoms with van der Waals surface area (Å²) in [6.45, 7) is 1.82. The highest BCUT2D eigenvalue weighted by Crippen LogP contribution is 2.17. The van der Waals surface area contributed by atoms with E-state index in [0.717, 1.165) is 11.1 Å². The molecule has 0 fully saturated rings. The SMILES string of the molecule is Cc1ccc(F)cc1NC(=O)CCc1ccccc1N. The van der Waals surface area contributed by atoms with E-state index in [1.54, 1.807) is 6.07 Å². The molecule has 2 aromatic carbocycles. The van der Waals surface area contributed by atoms with Crippen LogP contribution in [0.25, 0.3) is 0 Å². The van der Waals surface area contributed by atoms with Gasteiger partial charge < -0.3 is 11.1 Å². The van der Waals surface area contributed by atoms with E-state index in [4.69, 9.17) is 5.73 Å². The third-order valence-electron chi connectivity index (χ3n) is 3.15. The number of aryl methyl sites for hydroxylation is 2. The molecule has 2 rings (SSSR count). The fourth-order valence-electron chi connectivity index (χ4n) is 1.95. The summed E-state index contributed by atoms with van der Waals surface area (Å²) in [5.41, 5.74) is 8.79. The lowest BCUT2D eigenvalue weighted by atomic mass is 10.1. The van der Waals surface area contributed by atoms with Crippen LogP contribution in [0.1, 0.15) is 17.5 Å². The van der Waals surface area contributed by atoms with E-state index >= 15 is 0 Å². The van der Waals surface area contributed by atoms with Gasteiger partial charge in [-0.25, -0.2) is 4.39 Å². The smallest absolute Gasteiger partial charge is 0.224 e. The van der Waals surface area contributed by atoms with Crippen LogP contribution in [-0.2, 0) is 11.2 Å². The van der Waals surface area contributed by atoms with E-state index in [1.165, 1.54) is 12.1 Å². The van der Waals surface area contributed by atoms with Gasteiger partial charge in [0.2, 0.25) is 5.91 Å². The lowest BCUT2D eigenvalue weighted by Gasteiger charge is -2.09. The van der Waals surface area contributed by atoms with Crippen molar-refractivity contribution >= 4 is 17.3 Å². The van der Waals surface area contributed by atoms with Crippen molar-refractivity contribution in [1.82, 2.24) is 0 Å². The number of amides is 1. The number of para-hydroxylation sites is 1. The molecular formula is C16H17FN2O. The first-order chi connectivity index (χ1) is 9.56. The maximum absolute atomic E-state index is 13.1. The zero-order chi connectivity index (χ0) is 14.5. The van der Waals surface area contributed by atoms with Crippen LogP contribution >= 0.6 is 0 Å². The molecule has 4 heteroatoms. The molecule has 3 nitrogen and oxygen atoms in total. The Morgan fingerprint density at radius 1 is 1.25 bits per heavy atom. The predicted molar refractivity (Wildman–Crippen MR) is 78.9 cm³/mol. The molecule has 0 saturated carbocycles. The normalized spacial score (nSPS) is 10.3. The van der Waals surface area contributed by atoms with Gasteiger partial charge in [0.1, 0.15) is 5.82 Å². The Balaban J connectivity index is 1.96. The molecule has 20 heavy (non-hydrogen) atoms. The second-order valence-electron chi connectivity index (χ2n) is 4.71. The number of halogens is 1. The average molecular weight is 272 g/mol. The highest BCUT2D eigenvalue weighted by atomic mass is 19.1. The number of nitrogens with one attached hydrogen (secondary N) is 1. The summed E-state index contributed by atoms with van der Waals surface area (Å²) in [7, 11) is 0. The largest absolute Gasteiger partial charge is 0.399 e. The minimum Gasteiger partial charge on any atom is -0.399 e. The van der Waals surface area contributed by atoms with Crippen LogP contribution < -0.4 is 11.1 Å². The first-order valence-electron chi connectivity index (χ1n) is 6.45. The van der Waals surface area contributed by atoms with Gasteiger partial charge in [-0.3, -0.25) is 4.79 Å². The number of benzene rings is 2. The molecule has 0 bridgehead atoms. The van der Waals surface area contributed by atoms with Gasteiger partial charge in [0.25, 0.3) is 0 Å². The Bertz CT molecular complexity index is 626. The molecule has 0 atom stereocenters. The van der Waals surface area contributed by atoms with Crippen LogP contribution in [0.4, 0.5) is 15.8 Å². The highest BCUT2D eigenvalue weighted by molar-refractivity contribution is 5.91. The molecular weight excluding hydrogens is 255 g/mol. The van der Waals surface area contributed by atoms with Crippen LogP contribution in [0.2, 0.25) is 0 Å². The van der Waals surface area contributed by atoms with Crippen LogP contribution in [0.5, 0.6) is 0 Å². The van der Waals surface area contributed by atoms with E-state index in [9.17, 15) is 9.18 Å². The van der Waals surface area contributed by atoms with Gasteiger partial charge >= 0.3 is 0 Å². The maximum Gasteiger partial charge on any atom is 0.224 e. The van der Waals surface area contributed by atoms with Gasteiger partial charge in [-0.2, -0.15) is 0 Å². The van der Waals surface area contributed by atoms with Crippen molar-refractivity contribution in [2.24, 2.45) is 0 Å². The summed E-state index contributed by atoms with van der Waals surface area (Å²) in [5.74, 6) is -0.514. The number of nitrogen functional groups attached to an aromatic ring is 1. The van der Waals surface area contributed by atoms with Crippen LogP contribution in [0.3, 0.4) is 0 Å². The summed E-state index contributed by atoms with van der Waals surface area (Å²) < 4.78 is 13.1. The fourth-order valence-corrected chi connectivity index (χ4v) is 1.95. The first kappa shape index (κ1) is 14.1. The lowest BCUT2D eigenvalue weighted by Crippen LogP contribution is -2.13. The molecule has 3 N–H and O–H groups in total. The van der Waals surface area contributed by atoms with Crippen molar-refractivity contribution in [3.63, 3.8) is 0 Å².